The minimum Gasteiger partial charge on any atom is -0.302 e. The Kier molecular flexibility index (Phi) is 8.15. The number of aromatic nitrogens is 4. The Hall–Kier alpha value is -1.97. The SMILES string of the molecule is C=CCn1c(CC2CCCCC2)nnc1SCC(=O)Nc1nc(-c2ccc(Br)cc2)cs1. The molecule has 4 rings (SSSR count). The van der Waals surface area contributed by atoms with Gasteiger partial charge in [-0.3, -0.25) is 4.79 Å². The van der Waals surface area contributed by atoms with E-state index in [1.807, 2.05) is 35.7 Å². The second-order valence-electron chi connectivity index (χ2n) is 7.89. The molecule has 1 saturated carbocycles. The van der Waals surface area contributed by atoms with Crippen LogP contribution < -0.4 is 5.32 Å². The Morgan fingerprint density at radius 2 is 2.03 bits per heavy atom. The fraction of sp³-hybridized carbons (Fsp3) is 0.391. The Morgan fingerprint density at radius 3 is 2.78 bits per heavy atom. The Morgan fingerprint density at radius 1 is 1.25 bits per heavy atom. The van der Waals surface area contributed by atoms with Crippen molar-refractivity contribution >= 4 is 50.1 Å². The number of halogens is 1. The first-order valence-electron chi connectivity index (χ1n) is 10.8. The minimum absolute atomic E-state index is 0.103. The maximum atomic E-state index is 12.5. The lowest BCUT2D eigenvalue weighted by atomic mass is 9.87. The molecule has 1 N–H and O–H groups in total. The van der Waals surface area contributed by atoms with Gasteiger partial charge in [0.2, 0.25) is 5.91 Å². The van der Waals surface area contributed by atoms with Gasteiger partial charge >= 0.3 is 0 Å². The van der Waals surface area contributed by atoms with Crippen LogP contribution >= 0.6 is 39.0 Å². The zero-order valence-corrected chi connectivity index (χ0v) is 21.0. The highest BCUT2D eigenvalue weighted by atomic mass is 79.9. The first-order chi connectivity index (χ1) is 15.6. The number of nitrogens with zero attached hydrogens (tertiary/aromatic N) is 4. The minimum atomic E-state index is -0.103. The van der Waals surface area contributed by atoms with Gasteiger partial charge in [0, 0.05) is 28.4 Å². The number of carbonyl (C=O) groups is 1. The number of hydrogen-bond acceptors (Lipinski definition) is 6. The molecule has 1 fully saturated rings. The van der Waals surface area contributed by atoms with E-state index in [4.69, 9.17) is 0 Å². The van der Waals surface area contributed by atoms with Crippen LogP contribution in [0.5, 0.6) is 0 Å². The lowest BCUT2D eigenvalue weighted by Gasteiger charge is -2.21. The molecule has 0 spiro atoms. The lowest BCUT2D eigenvalue weighted by Crippen LogP contribution is -2.15. The summed E-state index contributed by atoms with van der Waals surface area (Å²) < 4.78 is 3.11. The molecule has 6 nitrogen and oxygen atoms in total. The lowest BCUT2D eigenvalue weighted by molar-refractivity contribution is -0.113. The highest BCUT2D eigenvalue weighted by Crippen LogP contribution is 2.29. The van der Waals surface area contributed by atoms with Crippen LogP contribution in [0.1, 0.15) is 37.9 Å². The van der Waals surface area contributed by atoms with Crippen molar-refractivity contribution in [1.29, 1.82) is 0 Å². The monoisotopic (exact) mass is 531 g/mol. The number of hydrogen-bond donors (Lipinski definition) is 1. The summed E-state index contributed by atoms with van der Waals surface area (Å²) in [5, 5.41) is 15.0. The first kappa shape index (κ1) is 23.2. The normalized spacial score (nSPS) is 14.4. The second-order valence-corrected chi connectivity index (χ2v) is 10.6. The van der Waals surface area contributed by atoms with Crippen molar-refractivity contribution < 1.29 is 4.79 Å². The summed E-state index contributed by atoms with van der Waals surface area (Å²) >= 11 is 6.27. The van der Waals surface area contributed by atoms with Crippen LogP contribution in [-0.2, 0) is 17.8 Å². The van der Waals surface area contributed by atoms with Gasteiger partial charge in [0.25, 0.3) is 0 Å². The summed E-state index contributed by atoms with van der Waals surface area (Å²) in [5.41, 5.74) is 1.87. The van der Waals surface area contributed by atoms with Gasteiger partial charge < -0.3 is 9.88 Å². The van der Waals surface area contributed by atoms with Gasteiger partial charge in [0.15, 0.2) is 10.3 Å². The van der Waals surface area contributed by atoms with Gasteiger partial charge in [0.1, 0.15) is 5.82 Å². The van der Waals surface area contributed by atoms with Gasteiger partial charge in [-0.1, -0.05) is 78.0 Å². The molecule has 2 aromatic heterocycles. The molecule has 0 bridgehead atoms. The summed E-state index contributed by atoms with van der Waals surface area (Å²) in [7, 11) is 0. The van der Waals surface area contributed by atoms with E-state index < -0.39 is 0 Å². The zero-order valence-electron chi connectivity index (χ0n) is 17.8. The van der Waals surface area contributed by atoms with E-state index in [9.17, 15) is 4.79 Å². The summed E-state index contributed by atoms with van der Waals surface area (Å²) in [5.74, 6) is 1.83. The maximum Gasteiger partial charge on any atom is 0.236 e. The van der Waals surface area contributed by atoms with Gasteiger partial charge in [-0.25, -0.2) is 4.98 Å². The first-order valence-corrected chi connectivity index (χ1v) is 13.5. The van der Waals surface area contributed by atoms with Crippen LogP contribution in [0.4, 0.5) is 5.13 Å². The topological polar surface area (TPSA) is 72.7 Å². The van der Waals surface area contributed by atoms with Gasteiger partial charge in [-0.05, 0) is 18.1 Å². The van der Waals surface area contributed by atoms with Gasteiger partial charge in [-0.2, -0.15) is 0 Å². The van der Waals surface area contributed by atoms with Crippen LogP contribution in [0.2, 0.25) is 0 Å². The van der Waals surface area contributed by atoms with Crippen LogP contribution in [0, 0.1) is 5.92 Å². The molecule has 0 saturated heterocycles. The van der Waals surface area contributed by atoms with Crippen molar-refractivity contribution in [3.63, 3.8) is 0 Å². The fourth-order valence-electron chi connectivity index (χ4n) is 3.91. The standard InChI is InChI=1S/C23H26BrN5OS2/c1-2-12-29-20(13-16-6-4-3-5-7-16)27-28-23(29)32-15-21(30)26-22-25-19(14-31-22)17-8-10-18(24)11-9-17/h2,8-11,14,16H,1,3-7,12-13,15H2,(H,25,26,30). The predicted molar refractivity (Wildman–Crippen MR) is 135 cm³/mol. The van der Waals surface area contributed by atoms with Gasteiger partial charge in [0.05, 0.1) is 11.4 Å². The molecule has 1 aliphatic rings. The number of benzene rings is 1. The van der Waals surface area contributed by atoms with Crippen LogP contribution in [0.3, 0.4) is 0 Å². The van der Waals surface area contributed by atoms with Crippen molar-refractivity contribution in [2.45, 2.75) is 50.2 Å². The number of carbonyl (C=O) groups excluding carboxylic acids is 1. The predicted octanol–water partition coefficient (Wildman–Crippen LogP) is 6.20. The third-order valence-electron chi connectivity index (χ3n) is 5.52. The Bertz CT molecular complexity index is 1060. The van der Waals surface area contributed by atoms with E-state index in [-0.39, 0.29) is 11.7 Å². The number of thiazole rings is 1. The number of amides is 1. The maximum absolute atomic E-state index is 12.5. The number of rotatable bonds is 9. The Balaban J connectivity index is 1.34. The van der Waals surface area contributed by atoms with E-state index in [0.29, 0.717) is 17.6 Å². The zero-order chi connectivity index (χ0) is 22.3. The summed E-state index contributed by atoms with van der Waals surface area (Å²) in [4.78, 5) is 17.1. The van der Waals surface area contributed by atoms with E-state index in [1.54, 1.807) is 0 Å². The van der Waals surface area contributed by atoms with Crippen LogP contribution in [0.25, 0.3) is 11.3 Å². The molecule has 1 aliphatic carbocycles. The molecule has 0 radical (unpaired) electrons. The second kappa shape index (κ2) is 11.2. The summed E-state index contributed by atoms with van der Waals surface area (Å²) in [6.45, 7) is 4.53. The highest BCUT2D eigenvalue weighted by molar-refractivity contribution is 9.10. The number of thioether (sulfide) groups is 1. The third kappa shape index (κ3) is 6.08. The number of nitrogens with one attached hydrogen (secondary N) is 1. The molecule has 1 amide bonds. The highest BCUT2D eigenvalue weighted by Gasteiger charge is 2.20. The van der Waals surface area contributed by atoms with Crippen molar-refractivity contribution in [3.8, 4) is 11.3 Å². The van der Waals surface area contributed by atoms with E-state index in [2.05, 4.69) is 47.6 Å². The molecule has 2 heterocycles. The molecule has 0 aliphatic heterocycles. The van der Waals surface area contributed by atoms with Crippen molar-refractivity contribution in [2.24, 2.45) is 5.92 Å². The Labute approximate surface area is 205 Å². The van der Waals surface area contributed by atoms with Crippen LogP contribution in [0.15, 0.2) is 51.9 Å². The molecule has 168 valence electrons. The molecule has 1 aromatic carbocycles. The van der Waals surface area contributed by atoms with Crippen molar-refractivity contribution in [3.05, 3.63) is 52.6 Å². The van der Waals surface area contributed by atoms with Crippen LogP contribution in [-0.4, -0.2) is 31.4 Å². The molecule has 9 heteroatoms. The molecule has 0 atom stereocenters. The largest absolute Gasteiger partial charge is 0.302 e. The molecule has 32 heavy (non-hydrogen) atoms. The molecule has 0 unspecified atom stereocenters. The molecular weight excluding hydrogens is 506 g/mol. The third-order valence-corrected chi connectivity index (χ3v) is 7.78. The average molecular weight is 533 g/mol. The van der Waals surface area contributed by atoms with E-state index in [1.165, 1.54) is 55.2 Å². The molecule has 3 aromatic rings. The number of allylic oxidation sites excluding steroid dienone is 1. The van der Waals surface area contributed by atoms with Gasteiger partial charge in [-0.15, -0.1) is 28.1 Å². The van der Waals surface area contributed by atoms with Crippen molar-refractivity contribution in [1.82, 2.24) is 19.7 Å². The quantitative estimate of drug-likeness (QED) is 0.262. The summed E-state index contributed by atoms with van der Waals surface area (Å²) in [6.07, 6.45) is 9.30. The summed E-state index contributed by atoms with van der Waals surface area (Å²) in [6, 6.07) is 7.95. The fourth-order valence-corrected chi connectivity index (χ4v) is 5.68. The number of anilines is 1. The average Bonchev–Trinajstić information content (AvgIpc) is 3.41. The smallest absolute Gasteiger partial charge is 0.236 e. The van der Waals surface area contributed by atoms with Crippen molar-refractivity contribution in [2.75, 3.05) is 11.1 Å². The molecular formula is C23H26BrN5OS2. The van der Waals surface area contributed by atoms with E-state index in [0.717, 1.165) is 33.1 Å². The van der Waals surface area contributed by atoms with E-state index >= 15 is 0 Å².